The van der Waals surface area contributed by atoms with E-state index in [1.807, 2.05) is 39.0 Å². The van der Waals surface area contributed by atoms with Gasteiger partial charge in [-0.15, -0.1) is 0 Å². The van der Waals surface area contributed by atoms with Gasteiger partial charge in [0.25, 0.3) is 5.91 Å². The number of hydrogen-bond acceptors (Lipinski definition) is 7. The number of H-pyrrole nitrogens is 1. The first-order chi connectivity index (χ1) is 14.0. The third-order valence-corrected chi connectivity index (χ3v) is 5.50. The Labute approximate surface area is 171 Å². The molecule has 1 aromatic carbocycles. The van der Waals surface area contributed by atoms with Crippen LogP contribution in [0.3, 0.4) is 0 Å². The van der Waals surface area contributed by atoms with Gasteiger partial charge in [-0.3, -0.25) is 9.89 Å². The summed E-state index contributed by atoms with van der Waals surface area (Å²) in [5.74, 6) is 0.925. The van der Waals surface area contributed by atoms with Crippen molar-refractivity contribution in [1.82, 2.24) is 20.2 Å². The van der Waals surface area contributed by atoms with Gasteiger partial charge in [0, 0.05) is 17.1 Å². The highest BCUT2D eigenvalue weighted by Crippen LogP contribution is 2.30. The number of benzene rings is 1. The Kier molecular flexibility index (Phi) is 4.89. The quantitative estimate of drug-likeness (QED) is 0.454. The number of rotatable bonds is 5. The molecule has 0 aliphatic rings. The lowest BCUT2D eigenvalue weighted by molar-refractivity contribution is 0.103. The number of nitrogens with one attached hydrogen (secondary N) is 3. The number of amides is 1. The van der Waals surface area contributed by atoms with Crippen molar-refractivity contribution in [3.05, 3.63) is 52.2 Å². The molecule has 0 radical (unpaired) electrons. The smallest absolute Gasteiger partial charge is 0.267 e. The predicted octanol–water partition coefficient (Wildman–Crippen LogP) is 4.34. The highest BCUT2D eigenvalue weighted by Gasteiger charge is 2.16. The van der Waals surface area contributed by atoms with Crippen LogP contribution in [0.25, 0.3) is 10.9 Å². The second kappa shape index (κ2) is 7.51. The van der Waals surface area contributed by atoms with E-state index in [1.54, 1.807) is 19.4 Å². The van der Waals surface area contributed by atoms with E-state index in [4.69, 9.17) is 4.74 Å². The van der Waals surface area contributed by atoms with Crippen LogP contribution in [0, 0.1) is 20.8 Å². The van der Waals surface area contributed by atoms with Gasteiger partial charge in [0.1, 0.15) is 10.7 Å². The van der Waals surface area contributed by atoms with E-state index in [9.17, 15) is 4.79 Å². The van der Waals surface area contributed by atoms with Crippen LogP contribution in [0.15, 0.2) is 30.5 Å². The van der Waals surface area contributed by atoms with Crippen molar-refractivity contribution in [1.29, 1.82) is 0 Å². The van der Waals surface area contributed by atoms with Gasteiger partial charge in [0.15, 0.2) is 5.13 Å². The Bertz CT molecular complexity index is 1210. The zero-order chi connectivity index (χ0) is 20.5. The van der Waals surface area contributed by atoms with Crippen LogP contribution in [0.1, 0.15) is 26.5 Å². The van der Waals surface area contributed by atoms with E-state index in [0.29, 0.717) is 21.7 Å². The van der Waals surface area contributed by atoms with Crippen molar-refractivity contribution in [3.63, 3.8) is 0 Å². The molecule has 0 saturated heterocycles. The topological polar surface area (TPSA) is 105 Å². The van der Waals surface area contributed by atoms with Crippen molar-refractivity contribution in [3.8, 4) is 5.88 Å². The number of aromatic nitrogens is 4. The standard InChI is InChI=1S/C20H20N6O2S/c1-10-5-7-13-16(12(3)25-26-13)17(10)23-19(27)14-9-21-20(29-14)24-18-11(2)6-8-15(22-18)28-4/h5-9H,1-4H3,(H,23,27)(H,25,26)(H,21,22,24). The van der Waals surface area contributed by atoms with Gasteiger partial charge in [-0.05, 0) is 38.0 Å². The number of pyridine rings is 1. The number of fused-ring (bicyclic) bond motifs is 1. The molecule has 148 valence electrons. The SMILES string of the molecule is COc1ccc(C)c(Nc2ncc(C(=O)Nc3c(C)ccc4n[nH]c(C)c34)s2)n1. The maximum Gasteiger partial charge on any atom is 0.267 e. The molecular weight excluding hydrogens is 388 g/mol. The summed E-state index contributed by atoms with van der Waals surface area (Å²) in [5, 5.41) is 14.9. The van der Waals surface area contributed by atoms with Crippen molar-refractivity contribution < 1.29 is 9.53 Å². The third kappa shape index (κ3) is 3.64. The van der Waals surface area contributed by atoms with Crippen molar-refractivity contribution >= 4 is 44.8 Å². The zero-order valence-corrected chi connectivity index (χ0v) is 17.3. The van der Waals surface area contributed by atoms with Gasteiger partial charge in [-0.2, -0.15) is 10.1 Å². The number of nitrogens with zero attached hydrogens (tertiary/aromatic N) is 3. The van der Waals surface area contributed by atoms with Crippen molar-refractivity contribution in [2.45, 2.75) is 20.8 Å². The van der Waals surface area contributed by atoms with Crippen LogP contribution in [0.5, 0.6) is 5.88 Å². The average Bonchev–Trinajstić information content (AvgIpc) is 3.33. The number of aryl methyl sites for hydroxylation is 3. The summed E-state index contributed by atoms with van der Waals surface area (Å²) in [7, 11) is 1.57. The van der Waals surface area contributed by atoms with Gasteiger partial charge < -0.3 is 15.4 Å². The van der Waals surface area contributed by atoms with Gasteiger partial charge in [0.2, 0.25) is 5.88 Å². The highest BCUT2D eigenvalue weighted by atomic mass is 32.1. The normalized spacial score (nSPS) is 10.9. The van der Waals surface area contributed by atoms with E-state index in [0.717, 1.165) is 33.4 Å². The minimum atomic E-state index is -0.220. The lowest BCUT2D eigenvalue weighted by atomic mass is 10.1. The van der Waals surface area contributed by atoms with E-state index in [-0.39, 0.29) is 5.91 Å². The first-order valence-electron chi connectivity index (χ1n) is 8.96. The summed E-state index contributed by atoms with van der Waals surface area (Å²) in [4.78, 5) is 22.0. The zero-order valence-electron chi connectivity index (χ0n) is 16.5. The van der Waals surface area contributed by atoms with E-state index in [2.05, 4.69) is 30.8 Å². The van der Waals surface area contributed by atoms with Crippen LogP contribution in [-0.2, 0) is 0 Å². The monoisotopic (exact) mass is 408 g/mol. The molecule has 4 aromatic rings. The van der Waals surface area contributed by atoms with Gasteiger partial charge in [-0.25, -0.2) is 4.98 Å². The van der Waals surface area contributed by atoms with Gasteiger partial charge in [-0.1, -0.05) is 23.5 Å². The van der Waals surface area contributed by atoms with Gasteiger partial charge >= 0.3 is 0 Å². The number of methoxy groups -OCH3 is 1. The predicted molar refractivity (Wildman–Crippen MR) is 114 cm³/mol. The second-order valence-electron chi connectivity index (χ2n) is 6.63. The fourth-order valence-corrected chi connectivity index (χ4v) is 3.70. The van der Waals surface area contributed by atoms with E-state index >= 15 is 0 Å². The molecule has 8 nitrogen and oxygen atoms in total. The minimum Gasteiger partial charge on any atom is -0.481 e. The maximum absolute atomic E-state index is 12.8. The summed E-state index contributed by atoms with van der Waals surface area (Å²) < 4.78 is 5.17. The van der Waals surface area contributed by atoms with Crippen LogP contribution >= 0.6 is 11.3 Å². The maximum atomic E-state index is 12.8. The number of carbonyl (C=O) groups is 1. The molecule has 0 bridgehead atoms. The molecule has 0 atom stereocenters. The molecule has 3 N–H and O–H groups in total. The largest absolute Gasteiger partial charge is 0.481 e. The number of ether oxygens (including phenoxy) is 1. The minimum absolute atomic E-state index is 0.220. The van der Waals surface area contributed by atoms with Crippen LogP contribution in [-0.4, -0.2) is 33.2 Å². The van der Waals surface area contributed by atoms with Crippen LogP contribution in [0.2, 0.25) is 0 Å². The van der Waals surface area contributed by atoms with E-state index < -0.39 is 0 Å². The Morgan fingerprint density at radius 1 is 1.14 bits per heavy atom. The molecule has 29 heavy (non-hydrogen) atoms. The summed E-state index contributed by atoms with van der Waals surface area (Å²) in [6, 6.07) is 7.57. The van der Waals surface area contributed by atoms with Crippen LogP contribution in [0.4, 0.5) is 16.6 Å². The Morgan fingerprint density at radius 2 is 1.93 bits per heavy atom. The fraction of sp³-hybridized carbons (Fsp3) is 0.200. The molecule has 9 heteroatoms. The number of hydrogen-bond donors (Lipinski definition) is 3. The molecule has 4 rings (SSSR count). The molecule has 0 fully saturated rings. The molecule has 0 unspecified atom stereocenters. The summed E-state index contributed by atoms with van der Waals surface area (Å²) in [5.41, 5.74) is 4.39. The Hall–Kier alpha value is -3.46. The molecule has 0 aliphatic carbocycles. The lowest BCUT2D eigenvalue weighted by Crippen LogP contribution is -2.11. The summed E-state index contributed by atoms with van der Waals surface area (Å²) in [6.45, 7) is 5.83. The van der Waals surface area contributed by atoms with Crippen molar-refractivity contribution in [2.24, 2.45) is 0 Å². The third-order valence-electron chi connectivity index (χ3n) is 4.58. The number of thiazole rings is 1. The molecule has 3 aromatic heterocycles. The molecule has 0 spiro atoms. The number of carbonyl (C=O) groups excluding carboxylic acids is 1. The number of aromatic amines is 1. The van der Waals surface area contributed by atoms with Gasteiger partial charge in [0.05, 0.1) is 24.5 Å². The van der Waals surface area contributed by atoms with E-state index in [1.165, 1.54) is 11.3 Å². The summed E-state index contributed by atoms with van der Waals surface area (Å²) in [6.07, 6.45) is 1.55. The Balaban J connectivity index is 1.57. The first-order valence-corrected chi connectivity index (χ1v) is 9.78. The first kappa shape index (κ1) is 18.9. The Morgan fingerprint density at radius 3 is 2.72 bits per heavy atom. The molecule has 0 aliphatic heterocycles. The van der Waals surface area contributed by atoms with Crippen molar-refractivity contribution in [2.75, 3.05) is 17.7 Å². The van der Waals surface area contributed by atoms with Crippen LogP contribution < -0.4 is 15.4 Å². The fourth-order valence-electron chi connectivity index (χ4n) is 2.99. The lowest BCUT2D eigenvalue weighted by Gasteiger charge is -2.09. The molecule has 3 heterocycles. The highest BCUT2D eigenvalue weighted by molar-refractivity contribution is 7.17. The average molecular weight is 408 g/mol. The molecular formula is C20H20N6O2S. The number of anilines is 3. The second-order valence-corrected chi connectivity index (χ2v) is 7.66. The molecule has 1 amide bonds. The molecule has 0 saturated carbocycles. The summed E-state index contributed by atoms with van der Waals surface area (Å²) >= 11 is 1.26.